The lowest BCUT2D eigenvalue weighted by Gasteiger charge is -2.27. The highest BCUT2D eigenvalue weighted by atomic mass is 35.5. The molecule has 2 N–H and O–H groups in total. The molecule has 0 bridgehead atoms. The number of aryl methyl sites for hydroxylation is 1. The molecule has 4 aromatic rings. The van der Waals surface area contributed by atoms with Crippen LogP contribution < -0.4 is 10.6 Å². The average Bonchev–Trinajstić information content (AvgIpc) is 3.33. The topological polar surface area (TPSA) is 93.2 Å². The molecule has 0 saturated heterocycles. The first-order chi connectivity index (χ1) is 16.8. The van der Waals surface area contributed by atoms with Crippen LogP contribution in [0.25, 0.3) is 17.1 Å². The van der Waals surface area contributed by atoms with E-state index in [0.717, 1.165) is 25.1 Å². The SMILES string of the molecule is Cc1cc(-c2cnc(N)c(-n3cc(C(=O)N(C)c4ccccc4Cl)cn3)n2)cc2c1CCN(C)C2. The molecule has 0 spiro atoms. The van der Waals surface area contributed by atoms with Crippen molar-refractivity contribution in [3.8, 4) is 17.1 Å². The Morgan fingerprint density at radius 1 is 1.20 bits per heavy atom. The predicted molar refractivity (Wildman–Crippen MR) is 138 cm³/mol. The third kappa shape index (κ3) is 4.38. The summed E-state index contributed by atoms with van der Waals surface area (Å²) in [6, 6.07) is 11.5. The standard InChI is InChI=1S/C26H26ClN7O/c1-16-10-17(11-18-14-32(2)9-8-20(16)18)22-13-29-24(28)25(31-22)34-15-19(12-30-34)26(35)33(3)23-7-5-4-6-21(23)27/h4-7,10-13,15H,8-9,14H2,1-3H3,(H2,28,29). The zero-order valence-electron chi connectivity index (χ0n) is 19.9. The zero-order valence-corrected chi connectivity index (χ0v) is 20.6. The predicted octanol–water partition coefficient (Wildman–Crippen LogP) is 4.14. The molecule has 0 unspecified atom stereocenters. The van der Waals surface area contributed by atoms with Gasteiger partial charge in [0.05, 0.1) is 34.4 Å². The van der Waals surface area contributed by atoms with E-state index in [-0.39, 0.29) is 11.7 Å². The molecular formula is C26H26ClN7O. The number of nitrogens with two attached hydrogens (primary N) is 1. The van der Waals surface area contributed by atoms with Gasteiger partial charge < -0.3 is 15.5 Å². The molecule has 8 nitrogen and oxygen atoms in total. The molecule has 1 amide bonds. The number of hydrogen-bond acceptors (Lipinski definition) is 6. The van der Waals surface area contributed by atoms with Gasteiger partial charge in [-0.05, 0) is 61.3 Å². The van der Waals surface area contributed by atoms with E-state index < -0.39 is 0 Å². The van der Waals surface area contributed by atoms with Crippen molar-refractivity contribution in [3.05, 3.63) is 82.3 Å². The molecule has 0 radical (unpaired) electrons. The Labute approximate surface area is 209 Å². The molecular weight excluding hydrogens is 462 g/mol. The highest BCUT2D eigenvalue weighted by Crippen LogP contribution is 2.29. The minimum absolute atomic E-state index is 0.227. The average molecular weight is 488 g/mol. The number of fused-ring (bicyclic) bond motifs is 1. The van der Waals surface area contributed by atoms with Crippen LogP contribution in [0, 0.1) is 6.92 Å². The lowest BCUT2D eigenvalue weighted by molar-refractivity contribution is 0.0993. The summed E-state index contributed by atoms with van der Waals surface area (Å²) < 4.78 is 1.48. The molecule has 1 aliphatic heterocycles. The number of carbonyl (C=O) groups is 1. The highest BCUT2D eigenvalue weighted by molar-refractivity contribution is 6.34. The van der Waals surface area contributed by atoms with Crippen molar-refractivity contribution in [1.82, 2.24) is 24.6 Å². The fourth-order valence-corrected chi connectivity index (χ4v) is 4.74. The van der Waals surface area contributed by atoms with Gasteiger partial charge in [-0.15, -0.1) is 0 Å². The molecule has 0 fully saturated rings. The fourth-order valence-electron chi connectivity index (χ4n) is 4.48. The van der Waals surface area contributed by atoms with Gasteiger partial charge >= 0.3 is 0 Å². The van der Waals surface area contributed by atoms with E-state index in [1.807, 2.05) is 12.1 Å². The van der Waals surface area contributed by atoms with Crippen LogP contribution in [0.15, 0.2) is 55.0 Å². The van der Waals surface area contributed by atoms with Gasteiger partial charge in [0.25, 0.3) is 5.91 Å². The Balaban J connectivity index is 1.47. The summed E-state index contributed by atoms with van der Waals surface area (Å²) in [6.07, 6.45) is 5.81. The van der Waals surface area contributed by atoms with Crippen LogP contribution in [0.4, 0.5) is 11.5 Å². The number of amides is 1. The minimum Gasteiger partial charge on any atom is -0.381 e. The molecule has 178 valence electrons. The van der Waals surface area contributed by atoms with Gasteiger partial charge in [-0.3, -0.25) is 4.79 Å². The van der Waals surface area contributed by atoms with Crippen molar-refractivity contribution >= 4 is 29.0 Å². The van der Waals surface area contributed by atoms with Crippen molar-refractivity contribution in [2.75, 3.05) is 31.3 Å². The number of likely N-dealkylation sites (N-methyl/N-ethyl adjacent to an activating group) is 1. The maximum atomic E-state index is 13.1. The maximum absolute atomic E-state index is 13.1. The maximum Gasteiger partial charge on any atom is 0.261 e. The molecule has 0 atom stereocenters. The molecule has 5 rings (SSSR count). The Hall–Kier alpha value is -3.75. The summed E-state index contributed by atoms with van der Waals surface area (Å²) in [7, 11) is 3.80. The van der Waals surface area contributed by atoms with Crippen LogP contribution >= 0.6 is 11.6 Å². The molecule has 35 heavy (non-hydrogen) atoms. The molecule has 0 aliphatic carbocycles. The van der Waals surface area contributed by atoms with Crippen molar-refractivity contribution in [3.63, 3.8) is 0 Å². The van der Waals surface area contributed by atoms with Gasteiger partial charge in [-0.25, -0.2) is 14.6 Å². The lowest BCUT2D eigenvalue weighted by atomic mass is 9.92. The van der Waals surface area contributed by atoms with Crippen molar-refractivity contribution < 1.29 is 4.79 Å². The molecule has 2 aromatic heterocycles. The number of halogens is 1. The quantitative estimate of drug-likeness (QED) is 0.465. The van der Waals surface area contributed by atoms with E-state index >= 15 is 0 Å². The minimum atomic E-state index is -0.249. The third-order valence-electron chi connectivity index (χ3n) is 6.39. The number of aromatic nitrogens is 4. The smallest absolute Gasteiger partial charge is 0.261 e. The van der Waals surface area contributed by atoms with Gasteiger partial charge in [0.2, 0.25) is 0 Å². The second-order valence-electron chi connectivity index (χ2n) is 8.87. The Bertz CT molecular complexity index is 1430. The van der Waals surface area contributed by atoms with E-state index in [0.29, 0.717) is 27.8 Å². The summed E-state index contributed by atoms with van der Waals surface area (Å²) >= 11 is 6.26. The van der Waals surface area contributed by atoms with Gasteiger partial charge in [0.1, 0.15) is 0 Å². The van der Waals surface area contributed by atoms with Gasteiger partial charge in [-0.2, -0.15) is 5.10 Å². The lowest BCUT2D eigenvalue weighted by Crippen LogP contribution is -2.27. The van der Waals surface area contributed by atoms with E-state index in [9.17, 15) is 4.79 Å². The third-order valence-corrected chi connectivity index (χ3v) is 6.71. The summed E-state index contributed by atoms with van der Waals surface area (Å²) in [5.41, 5.74) is 12.8. The molecule has 2 aromatic carbocycles. The Morgan fingerprint density at radius 2 is 2.00 bits per heavy atom. The summed E-state index contributed by atoms with van der Waals surface area (Å²) in [5, 5.41) is 4.84. The van der Waals surface area contributed by atoms with Crippen LogP contribution in [0.3, 0.4) is 0 Å². The highest BCUT2D eigenvalue weighted by Gasteiger charge is 2.20. The number of rotatable bonds is 4. The van der Waals surface area contributed by atoms with Crippen molar-refractivity contribution in [2.24, 2.45) is 0 Å². The first-order valence-corrected chi connectivity index (χ1v) is 11.7. The molecule has 1 aliphatic rings. The van der Waals surface area contributed by atoms with Gasteiger partial charge in [-0.1, -0.05) is 23.7 Å². The van der Waals surface area contributed by atoms with Crippen molar-refractivity contribution in [1.29, 1.82) is 0 Å². The van der Waals surface area contributed by atoms with E-state index in [1.54, 1.807) is 31.6 Å². The number of nitrogens with zero attached hydrogens (tertiary/aromatic N) is 6. The second-order valence-corrected chi connectivity index (χ2v) is 9.28. The van der Waals surface area contributed by atoms with Crippen LogP contribution in [0.1, 0.15) is 27.0 Å². The number of anilines is 2. The van der Waals surface area contributed by atoms with E-state index in [2.05, 4.69) is 41.1 Å². The normalized spacial score (nSPS) is 13.5. The molecule has 3 heterocycles. The van der Waals surface area contributed by atoms with Crippen LogP contribution in [0.5, 0.6) is 0 Å². The number of benzene rings is 2. The molecule has 9 heteroatoms. The number of carbonyl (C=O) groups excluding carboxylic acids is 1. The van der Waals surface area contributed by atoms with Crippen molar-refractivity contribution in [2.45, 2.75) is 19.9 Å². The first kappa shape index (κ1) is 23.0. The number of hydrogen-bond donors (Lipinski definition) is 1. The van der Waals surface area contributed by atoms with Crippen LogP contribution in [-0.2, 0) is 13.0 Å². The number of nitrogen functional groups attached to an aromatic ring is 1. The van der Waals surface area contributed by atoms with Crippen LogP contribution in [-0.4, -0.2) is 51.2 Å². The van der Waals surface area contributed by atoms with Gasteiger partial charge in [0, 0.05) is 31.9 Å². The number of para-hydroxylation sites is 1. The summed E-state index contributed by atoms with van der Waals surface area (Å²) in [6.45, 7) is 4.11. The first-order valence-electron chi connectivity index (χ1n) is 11.3. The Morgan fingerprint density at radius 3 is 2.80 bits per heavy atom. The van der Waals surface area contributed by atoms with E-state index in [4.69, 9.17) is 22.3 Å². The summed E-state index contributed by atoms with van der Waals surface area (Å²) in [5.74, 6) is 0.348. The largest absolute Gasteiger partial charge is 0.381 e. The van der Waals surface area contributed by atoms with E-state index in [1.165, 1.54) is 32.5 Å². The van der Waals surface area contributed by atoms with Crippen LogP contribution in [0.2, 0.25) is 5.02 Å². The monoisotopic (exact) mass is 487 g/mol. The molecule has 0 saturated carbocycles. The second kappa shape index (κ2) is 9.13. The fraction of sp³-hybridized carbons (Fsp3) is 0.231. The zero-order chi connectivity index (χ0) is 24.7. The Kier molecular flexibility index (Phi) is 6.00. The summed E-state index contributed by atoms with van der Waals surface area (Å²) in [4.78, 5) is 26.0. The van der Waals surface area contributed by atoms with Gasteiger partial charge in [0.15, 0.2) is 11.6 Å².